The van der Waals surface area contributed by atoms with Gasteiger partial charge in [0.15, 0.2) is 5.69 Å². The molecule has 0 saturated heterocycles. The molecule has 3 aromatic rings. The van der Waals surface area contributed by atoms with Crippen LogP contribution in [0.25, 0.3) is 0 Å². The van der Waals surface area contributed by atoms with Gasteiger partial charge < -0.3 is 20.5 Å². The quantitative estimate of drug-likeness (QED) is 0.372. The number of amides is 2. The van der Waals surface area contributed by atoms with Crippen molar-refractivity contribution in [2.24, 2.45) is 5.92 Å². The zero-order valence-corrected chi connectivity index (χ0v) is 20.9. The van der Waals surface area contributed by atoms with E-state index in [-0.39, 0.29) is 41.9 Å². The van der Waals surface area contributed by atoms with E-state index < -0.39 is 17.2 Å². The Balaban J connectivity index is 1.89. The molecule has 0 fully saturated rings. The summed E-state index contributed by atoms with van der Waals surface area (Å²) in [5, 5.41) is 2.80. The van der Waals surface area contributed by atoms with Crippen LogP contribution in [0.2, 0.25) is 0 Å². The van der Waals surface area contributed by atoms with Gasteiger partial charge in [0.1, 0.15) is 5.82 Å². The molecule has 0 aliphatic carbocycles. The van der Waals surface area contributed by atoms with Crippen LogP contribution in [0.15, 0.2) is 52.6 Å². The molecule has 0 saturated carbocycles. The second-order valence-electron chi connectivity index (χ2n) is 8.99. The minimum Gasteiger partial charge on any atom is -0.383 e. The maximum absolute atomic E-state index is 13.6. The summed E-state index contributed by atoms with van der Waals surface area (Å²) in [5.41, 5.74) is 5.62. The number of imidazole rings is 1. The van der Waals surface area contributed by atoms with E-state index in [1.807, 2.05) is 20.8 Å². The normalized spacial score (nSPS) is 11.0. The van der Waals surface area contributed by atoms with Crippen LogP contribution in [-0.2, 0) is 17.9 Å². The first-order valence-electron chi connectivity index (χ1n) is 12.0. The van der Waals surface area contributed by atoms with Crippen LogP contribution in [0.1, 0.15) is 50.4 Å². The Morgan fingerprint density at radius 3 is 2.67 bits per heavy atom. The Hall–Kier alpha value is -4.15. The standard InChI is InChI=1S/C25H33N7O4/c1-4-5-11-31-22(26)21(23(34)29-25(31)36)32(15-17(2)3)24(35)18-7-6-8-19(14-18)28-20(33)9-12-30-13-10-27-16-30/h6-8,10,13-14,16-17H,4-5,9,11-12,15,26H2,1-3H3,(H,28,33)(H,29,34,36). The Kier molecular flexibility index (Phi) is 8.82. The summed E-state index contributed by atoms with van der Waals surface area (Å²) in [6, 6.07) is 6.50. The van der Waals surface area contributed by atoms with Crippen molar-refractivity contribution < 1.29 is 9.59 Å². The second kappa shape index (κ2) is 12.0. The summed E-state index contributed by atoms with van der Waals surface area (Å²) in [7, 11) is 0. The molecule has 0 unspecified atom stereocenters. The number of carbonyl (C=O) groups excluding carboxylic acids is 2. The van der Waals surface area contributed by atoms with Crippen molar-refractivity contribution in [1.82, 2.24) is 19.1 Å². The molecule has 11 nitrogen and oxygen atoms in total. The smallest absolute Gasteiger partial charge is 0.330 e. The molecule has 0 bridgehead atoms. The van der Waals surface area contributed by atoms with E-state index >= 15 is 0 Å². The zero-order chi connectivity index (χ0) is 26.2. The number of hydrogen-bond acceptors (Lipinski definition) is 6. The van der Waals surface area contributed by atoms with Crippen LogP contribution in [0.4, 0.5) is 17.2 Å². The number of aryl methyl sites for hydroxylation is 1. The summed E-state index contributed by atoms with van der Waals surface area (Å²) < 4.78 is 3.09. The van der Waals surface area contributed by atoms with Crippen molar-refractivity contribution in [2.45, 2.75) is 53.1 Å². The number of rotatable bonds is 11. The number of nitrogens with one attached hydrogen (secondary N) is 2. The van der Waals surface area contributed by atoms with Crippen LogP contribution in [0.3, 0.4) is 0 Å². The van der Waals surface area contributed by atoms with Crippen molar-refractivity contribution in [3.63, 3.8) is 0 Å². The molecule has 0 spiro atoms. The van der Waals surface area contributed by atoms with Gasteiger partial charge in [-0.25, -0.2) is 9.78 Å². The Bertz CT molecular complexity index is 1310. The molecule has 2 amide bonds. The SMILES string of the molecule is CCCCn1c(N)c(N(CC(C)C)C(=O)c2cccc(NC(=O)CCn3ccnc3)c2)c(=O)[nH]c1=O. The first kappa shape index (κ1) is 26.5. The van der Waals surface area contributed by atoms with Crippen LogP contribution in [0, 0.1) is 5.92 Å². The minimum absolute atomic E-state index is 0.00910. The van der Waals surface area contributed by atoms with Gasteiger partial charge in [0.05, 0.1) is 6.33 Å². The number of aromatic nitrogens is 4. The van der Waals surface area contributed by atoms with Crippen molar-refractivity contribution >= 4 is 29.0 Å². The number of unbranched alkanes of at least 4 members (excludes halogenated alkanes) is 1. The van der Waals surface area contributed by atoms with Crippen molar-refractivity contribution in [2.75, 3.05) is 22.5 Å². The van der Waals surface area contributed by atoms with Gasteiger partial charge in [-0.3, -0.25) is 23.9 Å². The fraction of sp³-hybridized carbons (Fsp3) is 0.400. The van der Waals surface area contributed by atoms with Gasteiger partial charge in [0.25, 0.3) is 11.5 Å². The van der Waals surface area contributed by atoms with E-state index in [4.69, 9.17) is 5.73 Å². The average molecular weight is 496 g/mol. The van der Waals surface area contributed by atoms with Gasteiger partial charge in [-0.2, -0.15) is 0 Å². The monoisotopic (exact) mass is 495 g/mol. The molecule has 3 rings (SSSR count). The number of H-pyrrole nitrogens is 1. The third-order valence-electron chi connectivity index (χ3n) is 5.56. The number of carbonyl (C=O) groups is 2. The van der Waals surface area contributed by atoms with E-state index in [0.29, 0.717) is 25.2 Å². The Labute approximate surface area is 209 Å². The number of nitrogen functional groups attached to an aromatic ring is 1. The number of nitrogens with zero attached hydrogens (tertiary/aromatic N) is 4. The molecule has 2 aromatic heterocycles. The number of nitrogens with two attached hydrogens (primary N) is 1. The molecule has 0 aliphatic rings. The third kappa shape index (κ3) is 6.49. The zero-order valence-electron chi connectivity index (χ0n) is 20.9. The molecule has 1 aromatic carbocycles. The first-order valence-corrected chi connectivity index (χ1v) is 12.0. The van der Waals surface area contributed by atoms with Crippen molar-refractivity contribution in [3.05, 3.63) is 69.4 Å². The summed E-state index contributed by atoms with van der Waals surface area (Å²) in [4.78, 5) is 58.8. The highest BCUT2D eigenvalue weighted by molar-refractivity contribution is 6.08. The van der Waals surface area contributed by atoms with E-state index in [2.05, 4.69) is 15.3 Å². The van der Waals surface area contributed by atoms with E-state index in [0.717, 1.165) is 6.42 Å². The number of hydrogen-bond donors (Lipinski definition) is 3. The number of aromatic amines is 1. The summed E-state index contributed by atoms with van der Waals surface area (Å²) in [6.07, 6.45) is 6.80. The van der Waals surface area contributed by atoms with Crippen LogP contribution in [0.5, 0.6) is 0 Å². The molecule has 0 radical (unpaired) electrons. The van der Waals surface area contributed by atoms with Crippen LogP contribution < -0.4 is 27.2 Å². The molecule has 4 N–H and O–H groups in total. The van der Waals surface area contributed by atoms with E-state index in [1.54, 1.807) is 47.6 Å². The summed E-state index contributed by atoms with van der Waals surface area (Å²) >= 11 is 0. The highest BCUT2D eigenvalue weighted by Crippen LogP contribution is 2.22. The van der Waals surface area contributed by atoms with Gasteiger partial charge in [0.2, 0.25) is 5.91 Å². The number of anilines is 3. The fourth-order valence-electron chi connectivity index (χ4n) is 3.78. The number of benzene rings is 1. The highest BCUT2D eigenvalue weighted by atomic mass is 16.2. The molecular formula is C25H33N7O4. The predicted octanol–water partition coefficient (Wildman–Crippen LogP) is 2.45. The summed E-state index contributed by atoms with van der Waals surface area (Å²) in [5.74, 6) is -0.711. The lowest BCUT2D eigenvalue weighted by Gasteiger charge is -2.26. The lowest BCUT2D eigenvalue weighted by molar-refractivity contribution is -0.116. The first-order chi connectivity index (χ1) is 17.2. The minimum atomic E-state index is -0.719. The largest absolute Gasteiger partial charge is 0.383 e. The maximum atomic E-state index is 13.6. The van der Waals surface area contributed by atoms with Crippen LogP contribution in [-0.4, -0.2) is 37.5 Å². The fourth-order valence-corrected chi connectivity index (χ4v) is 3.78. The lowest BCUT2D eigenvalue weighted by atomic mass is 10.1. The Morgan fingerprint density at radius 2 is 2.00 bits per heavy atom. The van der Waals surface area contributed by atoms with Gasteiger partial charge in [0, 0.05) is 49.7 Å². The molecule has 0 atom stereocenters. The highest BCUT2D eigenvalue weighted by Gasteiger charge is 2.26. The summed E-state index contributed by atoms with van der Waals surface area (Å²) in [6.45, 7) is 6.81. The van der Waals surface area contributed by atoms with Gasteiger partial charge in [-0.1, -0.05) is 33.3 Å². The van der Waals surface area contributed by atoms with E-state index in [9.17, 15) is 19.2 Å². The molecule has 36 heavy (non-hydrogen) atoms. The lowest BCUT2D eigenvalue weighted by Crippen LogP contribution is -2.42. The molecule has 2 heterocycles. The van der Waals surface area contributed by atoms with Crippen LogP contribution >= 0.6 is 0 Å². The molecular weight excluding hydrogens is 462 g/mol. The predicted molar refractivity (Wildman–Crippen MR) is 139 cm³/mol. The van der Waals surface area contributed by atoms with E-state index in [1.165, 1.54) is 9.47 Å². The third-order valence-corrected chi connectivity index (χ3v) is 5.56. The van der Waals surface area contributed by atoms with Crippen molar-refractivity contribution in [1.29, 1.82) is 0 Å². The van der Waals surface area contributed by atoms with Gasteiger partial charge in [-0.15, -0.1) is 0 Å². The second-order valence-corrected chi connectivity index (χ2v) is 8.99. The van der Waals surface area contributed by atoms with Gasteiger partial charge >= 0.3 is 5.69 Å². The molecule has 0 aliphatic heterocycles. The average Bonchev–Trinajstić information content (AvgIpc) is 3.35. The molecule has 192 valence electrons. The Morgan fingerprint density at radius 1 is 1.22 bits per heavy atom. The van der Waals surface area contributed by atoms with Crippen molar-refractivity contribution in [3.8, 4) is 0 Å². The molecule has 11 heteroatoms. The topological polar surface area (TPSA) is 148 Å². The van der Waals surface area contributed by atoms with Gasteiger partial charge in [-0.05, 0) is 30.5 Å². The maximum Gasteiger partial charge on any atom is 0.330 e.